The van der Waals surface area contributed by atoms with Gasteiger partial charge in [-0.25, -0.2) is 0 Å². The average Bonchev–Trinajstić information content (AvgIpc) is 2.28. The average molecular weight is 213 g/mol. The fourth-order valence-corrected chi connectivity index (χ4v) is 2.39. The highest BCUT2D eigenvalue weighted by atomic mass is 15.2. The molecule has 1 aliphatic heterocycles. The molecule has 0 spiro atoms. The summed E-state index contributed by atoms with van der Waals surface area (Å²) in [4.78, 5) is 4.89. The Morgan fingerprint density at radius 3 is 2.67 bits per heavy atom. The number of nitrogens with one attached hydrogen (secondary N) is 1. The molecule has 0 aromatic heterocycles. The first kappa shape index (κ1) is 12.9. The molecule has 3 nitrogen and oxygen atoms in total. The third kappa shape index (κ3) is 4.96. The van der Waals surface area contributed by atoms with E-state index < -0.39 is 0 Å². The van der Waals surface area contributed by atoms with E-state index in [2.05, 4.69) is 43.1 Å². The molecule has 1 aliphatic rings. The first-order valence-electron chi connectivity index (χ1n) is 6.22. The first-order chi connectivity index (χ1) is 7.11. The first-order valence-corrected chi connectivity index (χ1v) is 6.22. The molecule has 1 heterocycles. The van der Waals surface area contributed by atoms with E-state index in [1.807, 2.05) is 0 Å². The highest BCUT2D eigenvalue weighted by molar-refractivity contribution is 4.80. The van der Waals surface area contributed by atoms with Gasteiger partial charge in [0.05, 0.1) is 0 Å². The second-order valence-electron chi connectivity index (χ2n) is 5.23. The molecule has 0 radical (unpaired) electrons. The number of hydrogen-bond donors (Lipinski definition) is 1. The predicted molar refractivity (Wildman–Crippen MR) is 66.2 cm³/mol. The van der Waals surface area contributed by atoms with Crippen LogP contribution in [0.1, 0.15) is 20.3 Å². The predicted octanol–water partition coefficient (Wildman–Crippen LogP) is 0.868. The Bertz CT molecular complexity index is 170. The van der Waals surface area contributed by atoms with Crippen molar-refractivity contribution in [1.29, 1.82) is 0 Å². The van der Waals surface area contributed by atoms with Gasteiger partial charge in [-0.05, 0) is 39.5 Å². The zero-order valence-corrected chi connectivity index (χ0v) is 10.8. The summed E-state index contributed by atoms with van der Waals surface area (Å²) in [5.41, 5.74) is 0. The van der Waals surface area contributed by atoms with Crippen molar-refractivity contribution >= 4 is 0 Å². The Morgan fingerprint density at radius 2 is 2.07 bits per heavy atom. The molecule has 2 atom stereocenters. The van der Waals surface area contributed by atoms with Crippen LogP contribution in [0.15, 0.2) is 0 Å². The van der Waals surface area contributed by atoms with Gasteiger partial charge in [-0.3, -0.25) is 0 Å². The van der Waals surface area contributed by atoms with Gasteiger partial charge in [0.1, 0.15) is 0 Å². The summed E-state index contributed by atoms with van der Waals surface area (Å²) >= 11 is 0. The standard InChI is InChI=1S/C12H27N3/c1-5-6-15-8-11(2)7-13-12(10-15)9-14(3)4/h11-13H,5-10H2,1-4H3. The summed E-state index contributed by atoms with van der Waals surface area (Å²) in [5.74, 6) is 0.781. The molecule has 0 aliphatic carbocycles. The van der Waals surface area contributed by atoms with Crippen LogP contribution in [0.3, 0.4) is 0 Å². The molecule has 0 saturated carbocycles. The lowest BCUT2D eigenvalue weighted by Gasteiger charge is -2.26. The summed E-state index contributed by atoms with van der Waals surface area (Å²) < 4.78 is 0. The van der Waals surface area contributed by atoms with Crippen molar-refractivity contribution in [3.63, 3.8) is 0 Å². The van der Waals surface area contributed by atoms with E-state index in [0.717, 1.165) is 12.5 Å². The molecule has 0 aromatic carbocycles. The van der Waals surface area contributed by atoms with Crippen LogP contribution in [0.5, 0.6) is 0 Å². The summed E-state index contributed by atoms with van der Waals surface area (Å²) in [6.07, 6.45) is 1.27. The van der Waals surface area contributed by atoms with Crippen molar-refractivity contribution in [2.45, 2.75) is 26.3 Å². The van der Waals surface area contributed by atoms with Crippen molar-refractivity contribution < 1.29 is 0 Å². The van der Waals surface area contributed by atoms with Crippen molar-refractivity contribution in [2.24, 2.45) is 5.92 Å². The van der Waals surface area contributed by atoms with Crippen LogP contribution in [-0.2, 0) is 0 Å². The minimum Gasteiger partial charge on any atom is -0.311 e. The van der Waals surface area contributed by atoms with E-state index in [9.17, 15) is 0 Å². The number of rotatable bonds is 4. The normalized spacial score (nSPS) is 29.4. The van der Waals surface area contributed by atoms with Gasteiger partial charge in [0.25, 0.3) is 0 Å². The maximum atomic E-state index is 3.67. The lowest BCUT2D eigenvalue weighted by molar-refractivity contribution is 0.232. The molecule has 1 saturated heterocycles. The molecule has 1 rings (SSSR count). The molecule has 0 amide bonds. The van der Waals surface area contributed by atoms with Gasteiger partial charge in [-0.15, -0.1) is 0 Å². The molecular weight excluding hydrogens is 186 g/mol. The van der Waals surface area contributed by atoms with E-state index in [4.69, 9.17) is 0 Å². The molecule has 0 aromatic rings. The monoisotopic (exact) mass is 213 g/mol. The number of nitrogens with zero attached hydrogens (tertiary/aromatic N) is 2. The summed E-state index contributed by atoms with van der Waals surface area (Å²) in [6, 6.07) is 0.636. The van der Waals surface area contributed by atoms with Gasteiger partial charge in [-0.1, -0.05) is 13.8 Å². The molecule has 0 bridgehead atoms. The minimum atomic E-state index is 0.636. The summed E-state index contributed by atoms with van der Waals surface area (Å²) in [6.45, 7) is 10.6. The highest BCUT2D eigenvalue weighted by Crippen LogP contribution is 2.07. The van der Waals surface area contributed by atoms with Crippen molar-refractivity contribution in [3.05, 3.63) is 0 Å². The van der Waals surface area contributed by atoms with Crippen LogP contribution in [-0.4, -0.2) is 62.7 Å². The Balaban J connectivity index is 2.44. The number of likely N-dealkylation sites (N-methyl/N-ethyl adjacent to an activating group) is 1. The third-order valence-electron chi connectivity index (χ3n) is 2.93. The lowest BCUT2D eigenvalue weighted by atomic mass is 10.2. The maximum Gasteiger partial charge on any atom is 0.0322 e. The van der Waals surface area contributed by atoms with Gasteiger partial charge in [0.2, 0.25) is 0 Å². The molecule has 2 unspecified atom stereocenters. The van der Waals surface area contributed by atoms with Crippen molar-refractivity contribution in [3.8, 4) is 0 Å². The molecule has 1 fully saturated rings. The SMILES string of the molecule is CCCN1CC(C)CNC(CN(C)C)C1. The fraction of sp³-hybridized carbons (Fsp3) is 1.00. The molecule has 1 N–H and O–H groups in total. The zero-order chi connectivity index (χ0) is 11.3. The minimum absolute atomic E-state index is 0.636. The van der Waals surface area contributed by atoms with Gasteiger partial charge in [0, 0.05) is 25.7 Å². The zero-order valence-electron chi connectivity index (χ0n) is 10.8. The Labute approximate surface area is 94.8 Å². The molecule has 15 heavy (non-hydrogen) atoms. The van der Waals surface area contributed by atoms with Crippen LogP contribution < -0.4 is 5.32 Å². The third-order valence-corrected chi connectivity index (χ3v) is 2.93. The fourth-order valence-electron chi connectivity index (χ4n) is 2.39. The summed E-state index contributed by atoms with van der Waals surface area (Å²) in [5, 5.41) is 3.67. The van der Waals surface area contributed by atoms with Crippen LogP contribution in [0.2, 0.25) is 0 Å². The Hall–Kier alpha value is -0.120. The van der Waals surface area contributed by atoms with Gasteiger partial charge in [-0.2, -0.15) is 0 Å². The molecule has 3 heteroatoms. The van der Waals surface area contributed by atoms with Crippen LogP contribution >= 0.6 is 0 Å². The van der Waals surface area contributed by atoms with E-state index in [1.54, 1.807) is 0 Å². The topological polar surface area (TPSA) is 18.5 Å². The largest absolute Gasteiger partial charge is 0.311 e. The van der Waals surface area contributed by atoms with Crippen LogP contribution in [0.25, 0.3) is 0 Å². The van der Waals surface area contributed by atoms with E-state index in [-0.39, 0.29) is 0 Å². The molecular formula is C12H27N3. The van der Waals surface area contributed by atoms with Gasteiger partial charge in [0.15, 0.2) is 0 Å². The Kier molecular flexibility index (Phi) is 5.58. The van der Waals surface area contributed by atoms with E-state index in [0.29, 0.717) is 6.04 Å². The smallest absolute Gasteiger partial charge is 0.0322 e. The quantitative estimate of drug-likeness (QED) is 0.747. The van der Waals surface area contributed by atoms with Gasteiger partial charge >= 0.3 is 0 Å². The van der Waals surface area contributed by atoms with Crippen molar-refractivity contribution in [1.82, 2.24) is 15.1 Å². The maximum absolute atomic E-state index is 3.67. The molecule has 90 valence electrons. The summed E-state index contributed by atoms with van der Waals surface area (Å²) in [7, 11) is 4.31. The highest BCUT2D eigenvalue weighted by Gasteiger charge is 2.20. The van der Waals surface area contributed by atoms with Gasteiger partial charge < -0.3 is 15.1 Å². The van der Waals surface area contributed by atoms with Crippen LogP contribution in [0, 0.1) is 5.92 Å². The number of hydrogen-bond acceptors (Lipinski definition) is 3. The van der Waals surface area contributed by atoms with E-state index in [1.165, 1.54) is 32.6 Å². The van der Waals surface area contributed by atoms with E-state index >= 15 is 0 Å². The van der Waals surface area contributed by atoms with Crippen LogP contribution in [0.4, 0.5) is 0 Å². The van der Waals surface area contributed by atoms with Crippen molar-refractivity contribution in [2.75, 3.05) is 46.8 Å². The second kappa shape index (κ2) is 6.46. The second-order valence-corrected chi connectivity index (χ2v) is 5.23. The lowest BCUT2D eigenvalue weighted by Crippen LogP contribution is -2.44. The Morgan fingerprint density at radius 1 is 1.33 bits per heavy atom.